The topological polar surface area (TPSA) is 40.5 Å². The third kappa shape index (κ3) is 3.83. The average Bonchev–Trinajstić information content (AvgIpc) is 2.68. The van der Waals surface area contributed by atoms with Crippen LogP contribution < -0.4 is 0 Å². The van der Waals surface area contributed by atoms with Gasteiger partial charge in [0.05, 0.1) is 12.6 Å². The number of rotatable bonds is 5. The van der Waals surface area contributed by atoms with Gasteiger partial charge in [-0.05, 0) is 29.4 Å². The third-order valence-electron chi connectivity index (χ3n) is 3.81. The number of hydrogen-bond donors (Lipinski definition) is 1. The van der Waals surface area contributed by atoms with Crippen molar-refractivity contribution >= 4 is 5.91 Å². The largest absolute Gasteiger partial charge is 0.387 e. The molecular weight excluding hydrogens is 250 g/mol. The molecule has 2 atom stereocenters. The molecule has 0 spiro atoms. The maximum atomic E-state index is 11.7. The summed E-state index contributed by atoms with van der Waals surface area (Å²) in [6, 6.07) is 8.11. The second kappa shape index (κ2) is 6.40. The summed E-state index contributed by atoms with van der Waals surface area (Å²) < 4.78 is 0. The van der Waals surface area contributed by atoms with Gasteiger partial charge in [-0.1, -0.05) is 45.0 Å². The Labute approximate surface area is 121 Å². The zero-order valence-electron chi connectivity index (χ0n) is 12.7. The van der Waals surface area contributed by atoms with Crippen LogP contribution in [0, 0.1) is 11.8 Å². The van der Waals surface area contributed by atoms with Crippen molar-refractivity contribution in [2.75, 3.05) is 13.1 Å². The van der Waals surface area contributed by atoms with E-state index in [0.29, 0.717) is 24.8 Å². The molecule has 3 heteroatoms. The quantitative estimate of drug-likeness (QED) is 0.897. The standard InChI is InChI=1S/C17H25NO2/c1-12(2)8-14-4-6-15(7-5-14)16(19)11-18-10-13(3)9-17(18)20/h4-7,12-13,16,19H,8-11H2,1-3H3. The maximum Gasteiger partial charge on any atom is 0.223 e. The molecule has 20 heavy (non-hydrogen) atoms. The lowest BCUT2D eigenvalue weighted by atomic mass is 10.00. The van der Waals surface area contributed by atoms with Crippen LogP contribution in [0.3, 0.4) is 0 Å². The van der Waals surface area contributed by atoms with Crippen LogP contribution >= 0.6 is 0 Å². The Bertz CT molecular complexity index is 453. The van der Waals surface area contributed by atoms with Gasteiger partial charge < -0.3 is 10.0 Å². The average molecular weight is 275 g/mol. The van der Waals surface area contributed by atoms with Gasteiger partial charge in [-0.2, -0.15) is 0 Å². The molecule has 110 valence electrons. The van der Waals surface area contributed by atoms with E-state index in [1.807, 2.05) is 12.1 Å². The van der Waals surface area contributed by atoms with Crippen molar-refractivity contribution in [3.05, 3.63) is 35.4 Å². The summed E-state index contributed by atoms with van der Waals surface area (Å²) >= 11 is 0. The minimum absolute atomic E-state index is 0.160. The molecule has 1 fully saturated rings. The van der Waals surface area contributed by atoms with E-state index in [1.165, 1.54) is 5.56 Å². The lowest BCUT2D eigenvalue weighted by Crippen LogP contribution is -2.30. The van der Waals surface area contributed by atoms with E-state index in [2.05, 4.69) is 32.9 Å². The van der Waals surface area contributed by atoms with Crippen LogP contribution in [-0.2, 0) is 11.2 Å². The Morgan fingerprint density at radius 3 is 2.45 bits per heavy atom. The Morgan fingerprint density at radius 2 is 1.95 bits per heavy atom. The minimum atomic E-state index is -0.586. The van der Waals surface area contributed by atoms with E-state index in [9.17, 15) is 9.90 Å². The number of nitrogens with zero attached hydrogens (tertiary/aromatic N) is 1. The molecule has 0 aromatic heterocycles. The maximum absolute atomic E-state index is 11.7. The van der Waals surface area contributed by atoms with Crippen LogP contribution in [0.15, 0.2) is 24.3 Å². The fourth-order valence-electron chi connectivity index (χ4n) is 2.81. The van der Waals surface area contributed by atoms with E-state index >= 15 is 0 Å². The number of likely N-dealkylation sites (tertiary alicyclic amines) is 1. The highest BCUT2D eigenvalue weighted by Crippen LogP contribution is 2.22. The van der Waals surface area contributed by atoms with Gasteiger partial charge in [0.15, 0.2) is 0 Å². The molecule has 0 aliphatic carbocycles. The fourth-order valence-corrected chi connectivity index (χ4v) is 2.81. The third-order valence-corrected chi connectivity index (χ3v) is 3.81. The molecule has 1 aromatic carbocycles. The van der Waals surface area contributed by atoms with Gasteiger partial charge >= 0.3 is 0 Å². The van der Waals surface area contributed by atoms with Crippen molar-refractivity contribution in [2.24, 2.45) is 11.8 Å². The van der Waals surface area contributed by atoms with Gasteiger partial charge in [0.2, 0.25) is 5.91 Å². The number of aliphatic hydroxyl groups excluding tert-OH is 1. The van der Waals surface area contributed by atoms with Crippen molar-refractivity contribution in [1.82, 2.24) is 4.90 Å². The highest BCUT2D eigenvalue weighted by molar-refractivity contribution is 5.78. The van der Waals surface area contributed by atoms with Crippen LogP contribution in [0.5, 0.6) is 0 Å². The van der Waals surface area contributed by atoms with Gasteiger partial charge in [-0.15, -0.1) is 0 Å². The zero-order valence-corrected chi connectivity index (χ0v) is 12.7. The van der Waals surface area contributed by atoms with Crippen molar-refractivity contribution in [2.45, 2.75) is 39.7 Å². The monoisotopic (exact) mass is 275 g/mol. The molecule has 1 amide bonds. The van der Waals surface area contributed by atoms with Crippen molar-refractivity contribution < 1.29 is 9.90 Å². The number of β-amino-alcohol motifs (C(OH)–C–C–N with tert-alkyl or cyclic N) is 1. The van der Waals surface area contributed by atoms with Gasteiger partial charge in [0.1, 0.15) is 0 Å². The molecule has 3 nitrogen and oxygen atoms in total. The second-order valence-electron chi connectivity index (χ2n) is 6.46. The predicted molar refractivity (Wildman–Crippen MR) is 80.3 cm³/mol. The molecule has 1 aliphatic rings. The van der Waals surface area contributed by atoms with Gasteiger partial charge in [0.25, 0.3) is 0 Å². The molecule has 0 saturated carbocycles. The van der Waals surface area contributed by atoms with Crippen molar-refractivity contribution in [1.29, 1.82) is 0 Å². The van der Waals surface area contributed by atoms with Gasteiger partial charge in [-0.25, -0.2) is 0 Å². The summed E-state index contributed by atoms with van der Waals surface area (Å²) in [4.78, 5) is 13.5. The van der Waals surface area contributed by atoms with Crippen LogP contribution in [0.1, 0.15) is 44.4 Å². The zero-order chi connectivity index (χ0) is 14.7. The molecule has 1 N–H and O–H groups in total. The summed E-state index contributed by atoms with van der Waals surface area (Å²) in [7, 11) is 0. The lowest BCUT2D eigenvalue weighted by molar-refractivity contribution is -0.128. The number of carbonyl (C=O) groups is 1. The van der Waals surface area contributed by atoms with E-state index in [0.717, 1.165) is 18.5 Å². The highest BCUT2D eigenvalue weighted by Gasteiger charge is 2.28. The Kier molecular flexibility index (Phi) is 4.81. The Balaban J connectivity index is 1.95. The highest BCUT2D eigenvalue weighted by atomic mass is 16.3. The molecule has 0 radical (unpaired) electrons. The fraction of sp³-hybridized carbons (Fsp3) is 0.588. The smallest absolute Gasteiger partial charge is 0.223 e. The number of amides is 1. The minimum Gasteiger partial charge on any atom is -0.387 e. The van der Waals surface area contributed by atoms with E-state index in [-0.39, 0.29) is 5.91 Å². The number of benzene rings is 1. The first-order valence-electron chi connectivity index (χ1n) is 7.50. The first-order chi connectivity index (χ1) is 9.45. The summed E-state index contributed by atoms with van der Waals surface area (Å²) in [6.45, 7) is 7.64. The second-order valence-corrected chi connectivity index (χ2v) is 6.46. The van der Waals surface area contributed by atoms with E-state index < -0.39 is 6.10 Å². The molecule has 1 heterocycles. The summed E-state index contributed by atoms with van der Waals surface area (Å²) in [5.74, 6) is 1.20. The first kappa shape index (κ1) is 15.0. The van der Waals surface area contributed by atoms with Crippen molar-refractivity contribution in [3.8, 4) is 0 Å². The van der Waals surface area contributed by atoms with Crippen LogP contribution in [-0.4, -0.2) is 29.0 Å². The van der Waals surface area contributed by atoms with Crippen LogP contribution in [0.2, 0.25) is 0 Å². The summed E-state index contributed by atoms with van der Waals surface area (Å²) in [6.07, 6.45) is 1.08. The number of carbonyl (C=O) groups excluding carboxylic acids is 1. The molecular formula is C17H25NO2. The van der Waals surface area contributed by atoms with Crippen molar-refractivity contribution in [3.63, 3.8) is 0 Å². The normalized spacial score (nSPS) is 20.8. The van der Waals surface area contributed by atoms with E-state index in [1.54, 1.807) is 4.90 Å². The number of aliphatic hydroxyl groups is 1. The molecule has 1 aromatic rings. The van der Waals surface area contributed by atoms with Crippen LogP contribution in [0.25, 0.3) is 0 Å². The van der Waals surface area contributed by atoms with E-state index in [4.69, 9.17) is 0 Å². The molecule has 1 saturated heterocycles. The Hall–Kier alpha value is -1.35. The predicted octanol–water partition coefficient (Wildman–Crippen LogP) is 2.79. The molecule has 0 bridgehead atoms. The lowest BCUT2D eigenvalue weighted by Gasteiger charge is -2.20. The van der Waals surface area contributed by atoms with Gasteiger partial charge in [0, 0.05) is 13.0 Å². The number of hydrogen-bond acceptors (Lipinski definition) is 2. The Morgan fingerprint density at radius 1 is 1.30 bits per heavy atom. The summed E-state index contributed by atoms with van der Waals surface area (Å²) in [5.41, 5.74) is 2.19. The van der Waals surface area contributed by atoms with Crippen LogP contribution in [0.4, 0.5) is 0 Å². The van der Waals surface area contributed by atoms with Gasteiger partial charge in [-0.3, -0.25) is 4.79 Å². The molecule has 1 aliphatic heterocycles. The molecule has 2 rings (SSSR count). The molecule has 2 unspecified atom stereocenters. The first-order valence-corrected chi connectivity index (χ1v) is 7.50. The SMILES string of the molecule is CC(C)Cc1ccc(C(O)CN2CC(C)CC2=O)cc1. The summed E-state index contributed by atoms with van der Waals surface area (Å²) in [5, 5.41) is 10.3.